The average Bonchev–Trinajstić information content (AvgIpc) is 2.52. The van der Waals surface area contributed by atoms with Gasteiger partial charge in [-0.2, -0.15) is 0 Å². The van der Waals surface area contributed by atoms with Gasteiger partial charge in [-0.05, 0) is 18.6 Å². The summed E-state index contributed by atoms with van der Waals surface area (Å²) in [5, 5.41) is 11.2. The first-order chi connectivity index (χ1) is 11.9. The van der Waals surface area contributed by atoms with Crippen molar-refractivity contribution >= 4 is 32.9 Å². The van der Waals surface area contributed by atoms with E-state index in [0.29, 0.717) is 12.5 Å². The molecule has 0 radical (unpaired) electrons. The fourth-order valence-electron chi connectivity index (χ4n) is 2.39. The summed E-state index contributed by atoms with van der Waals surface area (Å²) < 4.78 is 44.9. The predicted molar refractivity (Wildman–Crippen MR) is 77.9 cm³/mol. The summed E-state index contributed by atoms with van der Waals surface area (Å²) in [4.78, 5) is 45.6. The number of sulfone groups is 1. The number of hydrogen-bond donors (Lipinski definition) is 0. The molecule has 0 atom stereocenters. The van der Waals surface area contributed by atoms with Crippen LogP contribution in [0.3, 0.4) is 0 Å². The Kier molecular flexibility index (Phi) is 3.40. The molecule has 8 nitrogen and oxygen atoms in total. The summed E-state index contributed by atoms with van der Waals surface area (Å²) in [6, 6.07) is 1.95. The van der Waals surface area contributed by atoms with Crippen molar-refractivity contribution < 1.29 is 31.8 Å². The van der Waals surface area contributed by atoms with Gasteiger partial charge in [0.15, 0.2) is 27.2 Å². The highest BCUT2D eigenvalue weighted by molar-refractivity contribution is 7.90. The molecule has 1 aliphatic rings. The van der Waals surface area contributed by atoms with Gasteiger partial charge in [-0.3, -0.25) is 24.5 Å². The Morgan fingerprint density at radius 3 is 2.43 bits per heavy atom. The van der Waals surface area contributed by atoms with Crippen LogP contribution >= 0.6 is 0 Å². The molecule has 0 bridgehead atoms. The van der Waals surface area contributed by atoms with Gasteiger partial charge in [0, 0.05) is 29.2 Å². The van der Waals surface area contributed by atoms with Crippen LogP contribution in [0.2, 0.25) is 0 Å². The predicted octanol–water partition coefficient (Wildman–Crippen LogP) is 1.12. The van der Waals surface area contributed by atoms with E-state index in [9.17, 15) is 32.9 Å². The van der Waals surface area contributed by atoms with E-state index in [2.05, 4.69) is 0 Å². The molecule has 122 valence electrons. The van der Waals surface area contributed by atoms with Gasteiger partial charge in [-0.25, -0.2) is 8.42 Å². The van der Waals surface area contributed by atoms with E-state index in [1.807, 2.05) is 0 Å². The van der Waals surface area contributed by atoms with Crippen LogP contribution in [-0.4, -0.2) is 36.9 Å². The van der Waals surface area contributed by atoms with E-state index in [0.717, 1.165) is 12.1 Å². The van der Waals surface area contributed by atoms with E-state index < -0.39 is 60.4 Å². The molecule has 2 rings (SSSR count). The van der Waals surface area contributed by atoms with Gasteiger partial charge in [-0.1, -0.05) is 0 Å². The maximum absolute atomic E-state index is 12.5. The van der Waals surface area contributed by atoms with E-state index in [-0.39, 0.29) is 12.8 Å². The van der Waals surface area contributed by atoms with E-state index in [4.69, 9.17) is 4.11 Å². The first-order valence-corrected chi connectivity index (χ1v) is 7.99. The molecule has 1 aromatic carbocycles. The number of carbonyl (C=O) groups is 3. The van der Waals surface area contributed by atoms with Crippen molar-refractivity contribution in [1.29, 1.82) is 0 Å². The van der Waals surface area contributed by atoms with Crippen molar-refractivity contribution in [2.45, 2.75) is 24.2 Å². The summed E-state index contributed by atoms with van der Waals surface area (Å²) in [7, 11) is -4.87. The van der Waals surface area contributed by atoms with Crippen molar-refractivity contribution in [3.8, 4) is 0 Å². The quantitative estimate of drug-likeness (QED) is 0.347. The van der Waals surface area contributed by atoms with Gasteiger partial charge in [0.25, 0.3) is 5.69 Å². The van der Waals surface area contributed by atoms with Crippen LogP contribution in [0.25, 0.3) is 0 Å². The molecule has 0 N–H and O–H groups in total. The SMILES string of the molecule is [2H]C([2H])([2H])S(=O)(=O)c1ccc(C(=O)C2C(=O)CCCC2=O)c([N+](=O)[O-])c1. The number of Topliss-reactive ketones (excluding diaryl/α,β-unsaturated/α-hetero) is 3. The van der Waals surface area contributed by atoms with E-state index >= 15 is 0 Å². The second-order valence-corrected chi connectivity index (χ2v) is 6.50. The smallest absolute Gasteiger partial charge is 0.281 e. The molecule has 0 saturated heterocycles. The van der Waals surface area contributed by atoms with Gasteiger partial charge in [0.1, 0.15) is 5.92 Å². The number of nitrogens with zero attached hydrogens (tertiary/aromatic N) is 1. The van der Waals surface area contributed by atoms with Crippen LogP contribution in [0.1, 0.15) is 33.7 Å². The molecule has 9 heteroatoms. The van der Waals surface area contributed by atoms with Crippen LogP contribution in [0.15, 0.2) is 23.1 Å². The molecule has 0 amide bonds. The van der Waals surface area contributed by atoms with Crippen molar-refractivity contribution in [3.63, 3.8) is 0 Å². The Morgan fingerprint density at radius 2 is 1.91 bits per heavy atom. The lowest BCUT2D eigenvalue weighted by atomic mass is 9.81. The second-order valence-electron chi connectivity index (χ2n) is 5.02. The largest absolute Gasteiger partial charge is 0.298 e. The highest BCUT2D eigenvalue weighted by Gasteiger charge is 2.39. The molecule has 1 fully saturated rings. The topological polar surface area (TPSA) is 128 Å². The molecule has 0 aromatic heterocycles. The standard InChI is InChI=1S/C14H13NO7S/c1-23(21,22)8-5-6-9(10(7-8)15(19)20)14(18)13-11(16)3-2-4-12(13)17/h5-7,13H,2-4H2,1H3/i1D3. The average molecular weight is 342 g/mol. The van der Waals surface area contributed by atoms with E-state index in [1.165, 1.54) is 0 Å². The minimum Gasteiger partial charge on any atom is -0.298 e. The molecule has 1 aromatic rings. The Hall–Kier alpha value is -2.42. The fraction of sp³-hybridized carbons (Fsp3) is 0.357. The first-order valence-electron chi connectivity index (χ1n) is 8.00. The minimum atomic E-state index is -4.87. The first kappa shape index (κ1) is 13.1. The molecule has 0 aliphatic heterocycles. The second kappa shape index (κ2) is 5.99. The van der Waals surface area contributed by atoms with Gasteiger partial charge >= 0.3 is 0 Å². The number of nitro groups is 1. The maximum Gasteiger partial charge on any atom is 0.281 e. The van der Waals surface area contributed by atoms with Crippen molar-refractivity contribution in [2.75, 3.05) is 6.18 Å². The number of rotatable bonds is 4. The summed E-state index contributed by atoms with van der Waals surface area (Å²) in [6.45, 7) is 0. The Morgan fingerprint density at radius 1 is 1.30 bits per heavy atom. The zero-order valence-electron chi connectivity index (χ0n) is 14.6. The van der Waals surface area contributed by atoms with Gasteiger partial charge in [0.05, 0.1) is 15.4 Å². The molecular weight excluding hydrogens is 326 g/mol. The number of carbonyl (C=O) groups excluding carboxylic acids is 3. The van der Waals surface area contributed by atoms with Gasteiger partial charge < -0.3 is 0 Å². The molecular formula is C14H13NO7S. The van der Waals surface area contributed by atoms with E-state index in [1.54, 1.807) is 0 Å². The molecule has 0 spiro atoms. The summed E-state index contributed by atoms with van der Waals surface area (Å²) in [5.74, 6) is -4.06. The molecule has 0 heterocycles. The van der Waals surface area contributed by atoms with Gasteiger partial charge in [-0.15, -0.1) is 0 Å². The summed E-state index contributed by atoms with van der Waals surface area (Å²) in [5.41, 5.74) is -1.60. The number of benzene rings is 1. The Bertz CT molecular complexity index is 905. The normalized spacial score (nSPS) is 18.9. The number of nitro benzene ring substituents is 1. The Balaban J connectivity index is 2.58. The summed E-state index contributed by atoms with van der Waals surface area (Å²) >= 11 is 0. The van der Waals surface area contributed by atoms with Crippen LogP contribution < -0.4 is 0 Å². The highest BCUT2D eigenvalue weighted by Crippen LogP contribution is 2.28. The molecule has 1 aliphatic carbocycles. The van der Waals surface area contributed by atoms with Crippen LogP contribution in [-0.2, 0) is 19.4 Å². The number of ketones is 3. The molecule has 1 saturated carbocycles. The number of hydrogen-bond acceptors (Lipinski definition) is 7. The third kappa shape index (κ3) is 3.34. The Labute approximate surface area is 135 Å². The van der Waals surface area contributed by atoms with Gasteiger partial charge in [0.2, 0.25) is 0 Å². The lowest BCUT2D eigenvalue weighted by Crippen LogP contribution is -2.35. The zero-order chi connectivity index (χ0) is 19.9. The zero-order valence-corrected chi connectivity index (χ0v) is 12.5. The van der Waals surface area contributed by atoms with Crippen LogP contribution in [0.4, 0.5) is 5.69 Å². The minimum absolute atomic E-state index is 0.0124. The van der Waals surface area contributed by atoms with Crippen LogP contribution in [0, 0.1) is 16.0 Å². The fourth-order valence-corrected chi connectivity index (χ4v) is 2.91. The highest BCUT2D eigenvalue weighted by atomic mass is 32.2. The molecule has 23 heavy (non-hydrogen) atoms. The lowest BCUT2D eigenvalue weighted by Gasteiger charge is -2.18. The van der Waals surface area contributed by atoms with Crippen molar-refractivity contribution in [3.05, 3.63) is 33.9 Å². The summed E-state index contributed by atoms with van der Waals surface area (Å²) in [6.07, 6.45) is -3.18. The van der Waals surface area contributed by atoms with Crippen LogP contribution in [0.5, 0.6) is 0 Å². The third-order valence-electron chi connectivity index (χ3n) is 3.49. The maximum atomic E-state index is 12.5. The molecule has 0 unspecified atom stereocenters. The van der Waals surface area contributed by atoms with Crippen molar-refractivity contribution in [1.82, 2.24) is 0 Å². The monoisotopic (exact) mass is 342 g/mol. The van der Waals surface area contributed by atoms with Crippen molar-refractivity contribution in [2.24, 2.45) is 5.92 Å². The third-order valence-corrected chi connectivity index (χ3v) is 4.37. The lowest BCUT2D eigenvalue weighted by molar-refractivity contribution is -0.385.